The van der Waals surface area contributed by atoms with E-state index in [0.29, 0.717) is 31.6 Å². The highest BCUT2D eigenvalue weighted by molar-refractivity contribution is 7.47. The average molecular weight is 1310 g/mol. The Morgan fingerprint density at radius 3 is 0.798 bits per heavy atom. The van der Waals surface area contributed by atoms with Gasteiger partial charge in [0, 0.05) is 25.7 Å². The smallest absolute Gasteiger partial charge is 0.462 e. The van der Waals surface area contributed by atoms with Crippen molar-refractivity contribution >= 4 is 39.5 Å². The van der Waals surface area contributed by atoms with E-state index in [0.717, 1.165) is 120 Å². The van der Waals surface area contributed by atoms with Crippen molar-refractivity contribution in [3.05, 3.63) is 0 Å². The van der Waals surface area contributed by atoms with E-state index >= 15 is 0 Å². The van der Waals surface area contributed by atoms with E-state index in [1.54, 1.807) is 0 Å². The molecule has 7 atom stereocenters. The quantitative estimate of drug-likeness (QED) is 0.0222. The summed E-state index contributed by atoms with van der Waals surface area (Å²) in [6.07, 6.45) is 41.7. The molecule has 0 aliphatic carbocycles. The molecule has 528 valence electrons. The zero-order chi connectivity index (χ0) is 66.1. The molecule has 0 aromatic heterocycles. The lowest BCUT2D eigenvalue weighted by Gasteiger charge is -2.21. The van der Waals surface area contributed by atoms with Crippen LogP contribution in [-0.2, 0) is 65.4 Å². The Kier molecular flexibility index (Phi) is 58.5. The van der Waals surface area contributed by atoms with Gasteiger partial charge in [-0.3, -0.25) is 37.3 Å². The second-order valence-corrected chi connectivity index (χ2v) is 29.6. The van der Waals surface area contributed by atoms with Crippen LogP contribution in [0, 0.1) is 23.7 Å². The van der Waals surface area contributed by atoms with Gasteiger partial charge in [0.05, 0.1) is 26.4 Å². The van der Waals surface area contributed by atoms with E-state index in [2.05, 4.69) is 55.4 Å². The standard InChI is InChI=1S/C70H136O17P2/c1-9-62(7)48-40-32-24-18-15-16-20-26-37-45-53-70(75)87-66(57-81-68(73)51-43-35-29-28-33-41-49-63(8)10-2)59-85-89(78,79)83-55-64(71)54-82-88(76,77)84-58-65(56-80-67(72)50-42-34-27-21-23-31-39-47-61(5)6)86-69(74)52-44-36-25-19-14-12-11-13-17-22-30-38-46-60(3)4/h60-66,71H,9-59H2,1-8H3,(H,76,77)(H,78,79)/t62?,63?,64-,65-,66-/m1/s1. The van der Waals surface area contributed by atoms with E-state index < -0.39 is 97.5 Å². The normalized spacial score (nSPS) is 14.9. The number of unbranched alkanes of at least 4 members (excludes halogenated alkanes) is 31. The van der Waals surface area contributed by atoms with E-state index in [1.165, 1.54) is 135 Å². The molecular formula is C70H136O17P2. The topological polar surface area (TPSA) is 237 Å². The summed E-state index contributed by atoms with van der Waals surface area (Å²) >= 11 is 0. The largest absolute Gasteiger partial charge is 0.472 e. The maximum atomic E-state index is 13.0. The molecule has 17 nitrogen and oxygen atoms in total. The lowest BCUT2D eigenvalue weighted by atomic mass is 9.99. The average Bonchev–Trinajstić information content (AvgIpc) is 3.70. The molecule has 0 aromatic carbocycles. The monoisotopic (exact) mass is 1310 g/mol. The van der Waals surface area contributed by atoms with E-state index in [1.807, 2.05) is 0 Å². The summed E-state index contributed by atoms with van der Waals surface area (Å²) < 4.78 is 68.3. The summed E-state index contributed by atoms with van der Waals surface area (Å²) in [6, 6.07) is 0. The summed E-state index contributed by atoms with van der Waals surface area (Å²) in [5.74, 6) is 0.885. The number of phosphoric ester groups is 2. The molecule has 0 fully saturated rings. The second-order valence-electron chi connectivity index (χ2n) is 26.7. The summed E-state index contributed by atoms with van der Waals surface area (Å²) in [5.41, 5.74) is 0. The minimum absolute atomic E-state index is 0.105. The zero-order valence-corrected chi connectivity index (χ0v) is 59.8. The van der Waals surface area contributed by atoms with Crippen molar-refractivity contribution in [2.45, 2.75) is 363 Å². The third-order valence-corrected chi connectivity index (χ3v) is 18.7. The Bertz CT molecular complexity index is 1770. The summed E-state index contributed by atoms with van der Waals surface area (Å²) in [6.45, 7) is 14.1. The number of carbonyl (C=O) groups excluding carboxylic acids is 4. The van der Waals surface area contributed by atoms with E-state index in [9.17, 15) is 43.2 Å². The third kappa shape index (κ3) is 62.0. The Morgan fingerprint density at radius 1 is 0.315 bits per heavy atom. The molecule has 0 aliphatic heterocycles. The van der Waals surface area contributed by atoms with Crippen molar-refractivity contribution in [3.8, 4) is 0 Å². The molecule has 4 unspecified atom stereocenters. The lowest BCUT2D eigenvalue weighted by molar-refractivity contribution is -0.161. The Balaban J connectivity index is 5.26. The summed E-state index contributed by atoms with van der Waals surface area (Å²) in [5, 5.41) is 10.6. The number of ether oxygens (including phenoxy) is 4. The summed E-state index contributed by atoms with van der Waals surface area (Å²) in [7, 11) is -9.90. The highest BCUT2D eigenvalue weighted by Gasteiger charge is 2.30. The van der Waals surface area contributed by atoms with Crippen LogP contribution < -0.4 is 0 Å². The van der Waals surface area contributed by atoms with Gasteiger partial charge >= 0.3 is 39.5 Å². The van der Waals surface area contributed by atoms with Gasteiger partial charge in [0.2, 0.25) is 0 Å². The Morgan fingerprint density at radius 2 is 0.539 bits per heavy atom. The SMILES string of the molecule is CCC(C)CCCCCCCCCCCCC(=O)O[C@H](COC(=O)CCCCCCCCC(C)CC)COP(=O)(O)OC[C@H](O)COP(=O)(O)OC[C@@H](COC(=O)CCCCCCCCCC(C)C)OC(=O)CCCCCCCCCCCCCCC(C)C. The number of carbonyl (C=O) groups is 4. The van der Waals surface area contributed by atoms with Crippen LogP contribution in [0.5, 0.6) is 0 Å². The fraction of sp³-hybridized carbons (Fsp3) is 0.943. The van der Waals surface area contributed by atoms with Crippen LogP contribution >= 0.6 is 15.6 Å². The molecule has 0 saturated carbocycles. The van der Waals surface area contributed by atoms with Crippen molar-refractivity contribution in [2.24, 2.45) is 23.7 Å². The van der Waals surface area contributed by atoms with Gasteiger partial charge < -0.3 is 33.8 Å². The van der Waals surface area contributed by atoms with Gasteiger partial charge in [-0.25, -0.2) is 9.13 Å². The molecule has 0 rings (SSSR count). The number of phosphoric acid groups is 2. The molecule has 0 radical (unpaired) electrons. The first-order valence-electron chi connectivity index (χ1n) is 36.3. The van der Waals surface area contributed by atoms with Crippen molar-refractivity contribution in [1.82, 2.24) is 0 Å². The van der Waals surface area contributed by atoms with E-state index in [-0.39, 0.29) is 25.7 Å². The van der Waals surface area contributed by atoms with Gasteiger partial charge in [-0.05, 0) is 49.4 Å². The molecule has 0 amide bonds. The number of aliphatic hydroxyl groups excluding tert-OH is 1. The third-order valence-electron chi connectivity index (χ3n) is 16.8. The lowest BCUT2D eigenvalue weighted by Crippen LogP contribution is -2.30. The fourth-order valence-corrected chi connectivity index (χ4v) is 12.0. The van der Waals surface area contributed by atoms with Gasteiger partial charge in [0.25, 0.3) is 0 Å². The van der Waals surface area contributed by atoms with Crippen molar-refractivity contribution in [2.75, 3.05) is 39.6 Å². The van der Waals surface area contributed by atoms with Gasteiger partial charge in [-0.15, -0.1) is 0 Å². The second kappa shape index (κ2) is 59.8. The number of hydrogen-bond donors (Lipinski definition) is 3. The summed E-state index contributed by atoms with van der Waals surface area (Å²) in [4.78, 5) is 72.5. The van der Waals surface area contributed by atoms with Crippen molar-refractivity contribution < 1.29 is 80.2 Å². The van der Waals surface area contributed by atoms with Crippen LogP contribution in [0.2, 0.25) is 0 Å². The number of hydrogen-bond acceptors (Lipinski definition) is 15. The number of rotatable bonds is 67. The van der Waals surface area contributed by atoms with Gasteiger partial charge in [-0.1, -0.05) is 293 Å². The zero-order valence-electron chi connectivity index (χ0n) is 58.1. The van der Waals surface area contributed by atoms with Crippen LogP contribution in [0.1, 0.15) is 344 Å². The van der Waals surface area contributed by atoms with Crippen LogP contribution in [0.25, 0.3) is 0 Å². The first-order valence-corrected chi connectivity index (χ1v) is 39.3. The number of aliphatic hydroxyl groups is 1. The van der Waals surface area contributed by atoms with Crippen molar-refractivity contribution in [3.63, 3.8) is 0 Å². The highest BCUT2D eigenvalue weighted by Crippen LogP contribution is 2.45. The molecule has 0 heterocycles. The molecule has 0 saturated heterocycles. The minimum Gasteiger partial charge on any atom is -0.462 e. The molecule has 0 bridgehead atoms. The van der Waals surface area contributed by atoms with Crippen LogP contribution in [0.4, 0.5) is 0 Å². The number of esters is 4. The molecule has 3 N–H and O–H groups in total. The Hall–Kier alpha value is -1.94. The molecule has 0 spiro atoms. The highest BCUT2D eigenvalue weighted by atomic mass is 31.2. The van der Waals surface area contributed by atoms with Crippen LogP contribution in [0.3, 0.4) is 0 Å². The Labute approximate surface area is 543 Å². The van der Waals surface area contributed by atoms with Gasteiger partial charge in [0.15, 0.2) is 12.2 Å². The van der Waals surface area contributed by atoms with Crippen LogP contribution in [0.15, 0.2) is 0 Å². The maximum absolute atomic E-state index is 13.0. The predicted molar refractivity (Wildman–Crippen MR) is 358 cm³/mol. The molecule has 89 heavy (non-hydrogen) atoms. The first-order chi connectivity index (χ1) is 42.7. The van der Waals surface area contributed by atoms with Crippen molar-refractivity contribution in [1.29, 1.82) is 0 Å². The first kappa shape index (κ1) is 87.1. The molecule has 19 heteroatoms. The van der Waals surface area contributed by atoms with Gasteiger partial charge in [-0.2, -0.15) is 0 Å². The van der Waals surface area contributed by atoms with E-state index in [4.69, 9.17) is 37.0 Å². The minimum atomic E-state index is -4.95. The molecule has 0 aliphatic rings. The molecular weight excluding hydrogens is 1170 g/mol. The fourth-order valence-electron chi connectivity index (χ4n) is 10.4. The van der Waals surface area contributed by atoms with Gasteiger partial charge in [0.1, 0.15) is 19.3 Å². The maximum Gasteiger partial charge on any atom is 0.472 e. The van der Waals surface area contributed by atoms with Crippen LogP contribution in [-0.4, -0.2) is 96.7 Å². The predicted octanol–water partition coefficient (Wildman–Crippen LogP) is 19.7. The molecule has 0 aromatic rings.